The van der Waals surface area contributed by atoms with E-state index in [-0.39, 0.29) is 18.9 Å². The number of hydrogen-bond acceptors (Lipinski definition) is 21. The van der Waals surface area contributed by atoms with E-state index >= 15 is 0 Å². The number of carboxylic acid groups (broad SMARTS) is 1. The number of amides is 1. The molecule has 1 rings (SSSR count). The van der Waals surface area contributed by atoms with Gasteiger partial charge >= 0.3 is 5.97 Å². The third-order valence-electron chi connectivity index (χ3n) is 7.80. The maximum Gasteiger partial charge on any atom is 0.305 e. The van der Waals surface area contributed by atoms with Gasteiger partial charge in [0.2, 0.25) is 5.91 Å². The first-order chi connectivity index (χ1) is 32.7. The Balaban J connectivity index is 1.61. The molecular weight excluding hydrogens is 913 g/mol. The van der Waals surface area contributed by atoms with E-state index in [1.165, 1.54) is 0 Å². The lowest BCUT2D eigenvalue weighted by Gasteiger charge is -2.09. The van der Waals surface area contributed by atoms with Crippen molar-refractivity contribution < 1.29 is 90.5 Å². The molecule has 0 aliphatic rings. The highest BCUT2D eigenvalue weighted by Gasteiger charge is 2.03. The molecule has 2 N–H and O–H groups in total. The molecule has 0 aliphatic carbocycles. The van der Waals surface area contributed by atoms with Crippen LogP contribution in [0.5, 0.6) is 0 Å². The predicted octanol–water partition coefficient (Wildman–Crippen LogP) is 2.07. The Kier molecular flexibility index (Phi) is 51.0. The zero-order chi connectivity index (χ0) is 47.2. The fourth-order valence-corrected chi connectivity index (χ4v) is 6.41. The fourth-order valence-electron chi connectivity index (χ4n) is 4.54. The highest BCUT2D eigenvalue weighted by Crippen LogP contribution is 2.29. The van der Waals surface area contributed by atoms with Crippen LogP contribution in [0.4, 0.5) is 0 Å². The molecule has 0 atom stereocenters. The molecule has 0 spiro atoms. The SMILES string of the molecule is O=C(O)CCOCCOCCOCCOCCOCCOCCOCCOCCOCCOCCOCCOCCOCCOCCOCCOCCNC(=O)CCSSc1ccccn1. The van der Waals surface area contributed by atoms with Crippen LogP contribution in [0, 0.1) is 0 Å². The van der Waals surface area contributed by atoms with Gasteiger partial charge in [0.25, 0.3) is 0 Å². The van der Waals surface area contributed by atoms with E-state index in [1.807, 2.05) is 18.2 Å². The molecule has 0 fully saturated rings. The molecule has 1 aromatic heterocycles. The molecule has 386 valence electrons. The Morgan fingerprint density at radius 2 is 0.697 bits per heavy atom. The number of ether oxygens (including phenoxy) is 16. The predicted molar refractivity (Wildman–Crippen MR) is 246 cm³/mol. The lowest BCUT2D eigenvalue weighted by Crippen LogP contribution is -2.27. The molecular formula is C43H78N2O19S2. The third-order valence-corrected chi connectivity index (χ3v) is 10.1. The minimum absolute atomic E-state index is 0.00855. The third kappa shape index (κ3) is 51.5. The second kappa shape index (κ2) is 54.1. The normalized spacial score (nSPS) is 11.5. The van der Waals surface area contributed by atoms with E-state index in [9.17, 15) is 9.59 Å². The van der Waals surface area contributed by atoms with Crippen molar-refractivity contribution in [3.63, 3.8) is 0 Å². The van der Waals surface area contributed by atoms with Crippen molar-refractivity contribution in [1.29, 1.82) is 0 Å². The quantitative estimate of drug-likeness (QED) is 0.0704. The van der Waals surface area contributed by atoms with Crippen molar-refractivity contribution in [3.8, 4) is 0 Å². The average molecular weight is 991 g/mol. The van der Waals surface area contributed by atoms with Crippen molar-refractivity contribution in [3.05, 3.63) is 24.4 Å². The van der Waals surface area contributed by atoms with E-state index in [0.717, 1.165) is 10.8 Å². The van der Waals surface area contributed by atoms with Crippen LogP contribution in [0.25, 0.3) is 0 Å². The number of carbonyl (C=O) groups is 2. The van der Waals surface area contributed by atoms with E-state index in [0.29, 0.717) is 218 Å². The summed E-state index contributed by atoms with van der Waals surface area (Å²) >= 11 is 0. The minimum atomic E-state index is -0.879. The molecule has 1 heterocycles. The topological polar surface area (TPSA) is 227 Å². The average Bonchev–Trinajstić information content (AvgIpc) is 3.32. The molecule has 0 radical (unpaired) electrons. The van der Waals surface area contributed by atoms with Crippen LogP contribution in [0.1, 0.15) is 12.8 Å². The Morgan fingerprint density at radius 1 is 0.409 bits per heavy atom. The first-order valence-corrected chi connectivity index (χ1v) is 24.9. The minimum Gasteiger partial charge on any atom is -0.481 e. The number of nitrogens with zero attached hydrogens (tertiary/aromatic N) is 1. The lowest BCUT2D eigenvalue weighted by molar-refractivity contribution is -0.138. The molecule has 0 aromatic carbocycles. The standard InChI is InChI=1S/C43H78N2O19S2/c46-41(5-40-65-66-42-3-1-2-6-45-42)44-7-9-50-11-13-52-15-17-54-19-21-56-23-25-58-27-29-60-31-33-62-35-37-64-39-38-63-36-34-61-32-30-59-28-26-57-24-22-55-20-18-53-16-14-51-12-10-49-8-4-43(47)48/h1-3,6H,4-5,7-40H2,(H,44,46)(H,47,48). The van der Waals surface area contributed by atoms with Gasteiger partial charge in [-0.25, -0.2) is 4.98 Å². The van der Waals surface area contributed by atoms with Crippen LogP contribution in [0.15, 0.2) is 29.4 Å². The van der Waals surface area contributed by atoms with Crippen LogP contribution < -0.4 is 5.32 Å². The maximum absolute atomic E-state index is 11.9. The largest absolute Gasteiger partial charge is 0.481 e. The lowest BCUT2D eigenvalue weighted by atomic mass is 10.4. The Labute approximate surface area is 399 Å². The van der Waals surface area contributed by atoms with Gasteiger partial charge in [0.05, 0.1) is 218 Å². The van der Waals surface area contributed by atoms with Crippen LogP contribution in [0.2, 0.25) is 0 Å². The summed E-state index contributed by atoms with van der Waals surface area (Å²) in [5.74, 6) is -0.151. The van der Waals surface area contributed by atoms with Gasteiger partial charge in [0.15, 0.2) is 0 Å². The number of aliphatic carboxylic acids is 1. The number of carbonyl (C=O) groups excluding carboxylic acids is 1. The van der Waals surface area contributed by atoms with Gasteiger partial charge in [-0.3, -0.25) is 9.59 Å². The van der Waals surface area contributed by atoms with Crippen molar-refractivity contribution in [2.45, 2.75) is 17.9 Å². The van der Waals surface area contributed by atoms with E-state index in [4.69, 9.17) is 80.9 Å². The molecule has 0 bridgehead atoms. The van der Waals surface area contributed by atoms with Crippen LogP contribution >= 0.6 is 21.6 Å². The van der Waals surface area contributed by atoms with Crippen LogP contribution in [0.3, 0.4) is 0 Å². The zero-order valence-electron chi connectivity index (χ0n) is 38.8. The van der Waals surface area contributed by atoms with E-state index in [1.54, 1.807) is 27.8 Å². The number of carboxylic acids is 1. The molecule has 66 heavy (non-hydrogen) atoms. The fraction of sp³-hybridized carbons (Fsp3) is 0.837. The molecule has 23 heteroatoms. The number of pyridine rings is 1. The number of rotatable bonds is 56. The Hall–Kier alpha value is -1.85. The molecule has 0 saturated carbocycles. The monoisotopic (exact) mass is 990 g/mol. The van der Waals surface area contributed by atoms with Crippen LogP contribution in [-0.2, 0) is 85.4 Å². The Morgan fingerprint density at radius 3 is 0.970 bits per heavy atom. The van der Waals surface area contributed by atoms with Gasteiger partial charge in [-0.1, -0.05) is 16.9 Å². The van der Waals surface area contributed by atoms with Crippen molar-refractivity contribution in [2.24, 2.45) is 0 Å². The summed E-state index contributed by atoms with van der Waals surface area (Å²) in [6, 6.07) is 5.77. The van der Waals surface area contributed by atoms with Gasteiger partial charge in [0.1, 0.15) is 5.03 Å². The summed E-state index contributed by atoms with van der Waals surface area (Å²) in [7, 11) is 3.18. The highest BCUT2D eigenvalue weighted by molar-refractivity contribution is 8.76. The number of aromatic nitrogens is 1. The molecule has 0 unspecified atom stereocenters. The molecule has 1 amide bonds. The number of hydrogen-bond donors (Lipinski definition) is 2. The molecule has 1 aromatic rings. The van der Waals surface area contributed by atoms with Crippen molar-refractivity contribution >= 4 is 33.5 Å². The summed E-state index contributed by atoms with van der Waals surface area (Å²) in [5, 5.41) is 12.3. The summed E-state index contributed by atoms with van der Waals surface area (Å²) in [5.41, 5.74) is 0. The second-order valence-corrected chi connectivity index (χ2v) is 15.6. The first-order valence-electron chi connectivity index (χ1n) is 22.6. The Bertz CT molecular complexity index is 1150. The first kappa shape index (κ1) is 62.2. The van der Waals surface area contributed by atoms with Gasteiger partial charge in [-0.15, -0.1) is 0 Å². The van der Waals surface area contributed by atoms with E-state index in [2.05, 4.69) is 10.3 Å². The summed E-state index contributed by atoms with van der Waals surface area (Å²) < 4.78 is 87.2. The molecule has 0 aliphatic heterocycles. The van der Waals surface area contributed by atoms with E-state index < -0.39 is 5.97 Å². The highest BCUT2D eigenvalue weighted by atomic mass is 33.1. The van der Waals surface area contributed by atoms with Gasteiger partial charge in [-0.05, 0) is 22.9 Å². The summed E-state index contributed by atoms with van der Waals surface area (Å²) in [4.78, 5) is 26.5. The zero-order valence-corrected chi connectivity index (χ0v) is 40.5. The van der Waals surface area contributed by atoms with Crippen molar-refractivity contribution in [2.75, 3.05) is 224 Å². The maximum atomic E-state index is 11.9. The van der Waals surface area contributed by atoms with Gasteiger partial charge in [-0.2, -0.15) is 0 Å². The second-order valence-electron chi connectivity index (χ2n) is 13.1. The van der Waals surface area contributed by atoms with Gasteiger partial charge in [0, 0.05) is 24.9 Å². The smallest absolute Gasteiger partial charge is 0.305 e. The number of nitrogens with one attached hydrogen (secondary N) is 1. The van der Waals surface area contributed by atoms with Gasteiger partial charge < -0.3 is 86.2 Å². The summed E-state index contributed by atoms with van der Waals surface area (Å²) in [6.07, 6.45) is 2.20. The van der Waals surface area contributed by atoms with Crippen molar-refractivity contribution in [1.82, 2.24) is 10.3 Å². The molecule has 21 nitrogen and oxygen atoms in total. The summed E-state index contributed by atoms with van der Waals surface area (Å²) in [6.45, 7) is 15.1. The van der Waals surface area contributed by atoms with Crippen LogP contribution in [-0.4, -0.2) is 246 Å². The molecule has 0 saturated heterocycles.